The summed E-state index contributed by atoms with van der Waals surface area (Å²) in [5, 5.41) is 12.2. The molecule has 6 heteroatoms. The van der Waals surface area contributed by atoms with Gasteiger partial charge in [0.2, 0.25) is 5.91 Å². The Morgan fingerprint density at radius 3 is 2.90 bits per heavy atom. The van der Waals surface area contributed by atoms with Gasteiger partial charge in [0, 0.05) is 19.6 Å². The molecule has 2 aliphatic rings. The molecule has 0 aliphatic carbocycles. The molecule has 0 aromatic heterocycles. The maximum Gasteiger partial charge on any atom is 0.306 e. The minimum absolute atomic E-state index is 0.0405. The smallest absolute Gasteiger partial charge is 0.306 e. The van der Waals surface area contributed by atoms with Crippen molar-refractivity contribution < 1.29 is 19.4 Å². The lowest BCUT2D eigenvalue weighted by Gasteiger charge is -2.42. The summed E-state index contributed by atoms with van der Waals surface area (Å²) in [6, 6.07) is 0. The second-order valence-electron chi connectivity index (χ2n) is 5.76. The zero-order chi connectivity index (χ0) is 14.6. The van der Waals surface area contributed by atoms with E-state index < -0.39 is 5.97 Å². The predicted molar refractivity (Wildman–Crippen MR) is 73.4 cm³/mol. The molecule has 0 radical (unpaired) electrons. The summed E-state index contributed by atoms with van der Waals surface area (Å²) in [7, 11) is 0. The van der Waals surface area contributed by atoms with Crippen molar-refractivity contribution in [2.75, 3.05) is 32.8 Å². The molecule has 20 heavy (non-hydrogen) atoms. The average Bonchev–Trinajstić information content (AvgIpc) is 2.47. The molecule has 114 valence electrons. The number of carboxylic acids is 1. The number of rotatable bonds is 4. The normalized spacial score (nSPS) is 31.1. The molecule has 0 saturated carbocycles. The van der Waals surface area contributed by atoms with Gasteiger partial charge in [-0.2, -0.15) is 0 Å². The molecule has 2 rings (SSSR count). The lowest BCUT2D eigenvalue weighted by molar-refractivity contribution is -0.155. The quantitative estimate of drug-likeness (QED) is 0.784. The van der Waals surface area contributed by atoms with E-state index in [-0.39, 0.29) is 23.8 Å². The molecule has 0 aromatic carbocycles. The summed E-state index contributed by atoms with van der Waals surface area (Å²) in [4.78, 5) is 25.4. The van der Waals surface area contributed by atoms with Gasteiger partial charge < -0.3 is 20.1 Å². The van der Waals surface area contributed by atoms with Gasteiger partial charge in [-0.3, -0.25) is 9.59 Å². The van der Waals surface area contributed by atoms with E-state index in [4.69, 9.17) is 9.84 Å². The number of amides is 1. The van der Waals surface area contributed by atoms with Gasteiger partial charge in [-0.05, 0) is 25.8 Å². The second kappa shape index (κ2) is 6.54. The van der Waals surface area contributed by atoms with Gasteiger partial charge in [0.25, 0.3) is 0 Å². The summed E-state index contributed by atoms with van der Waals surface area (Å²) in [6.45, 7) is 5.14. The van der Waals surface area contributed by atoms with Crippen molar-refractivity contribution in [1.29, 1.82) is 0 Å². The van der Waals surface area contributed by atoms with Gasteiger partial charge in [0.05, 0.1) is 24.5 Å². The topological polar surface area (TPSA) is 78.9 Å². The molecule has 2 heterocycles. The first kappa shape index (κ1) is 15.3. The lowest BCUT2D eigenvalue weighted by Crippen LogP contribution is -2.55. The molecular formula is C14H24N2O4. The number of piperidine rings is 1. The van der Waals surface area contributed by atoms with Crippen LogP contribution >= 0.6 is 0 Å². The first-order chi connectivity index (χ1) is 9.57. The van der Waals surface area contributed by atoms with E-state index in [1.165, 1.54) is 0 Å². The van der Waals surface area contributed by atoms with Gasteiger partial charge in [-0.15, -0.1) is 0 Å². The summed E-state index contributed by atoms with van der Waals surface area (Å²) in [5.74, 6) is -0.722. The number of aliphatic carboxylic acids is 1. The Kier molecular flexibility index (Phi) is 4.99. The first-order valence-corrected chi connectivity index (χ1v) is 7.41. The highest BCUT2D eigenvalue weighted by atomic mass is 16.5. The Hall–Kier alpha value is -1.14. The van der Waals surface area contributed by atoms with Gasteiger partial charge in [-0.25, -0.2) is 0 Å². The van der Waals surface area contributed by atoms with Crippen LogP contribution < -0.4 is 5.32 Å². The van der Waals surface area contributed by atoms with E-state index in [1.54, 1.807) is 4.90 Å². The molecule has 2 N–H and O–H groups in total. The lowest BCUT2D eigenvalue weighted by atomic mass is 9.77. The van der Waals surface area contributed by atoms with Crippen molar-refractivity contribution in [1.82, 2.24) is 10.2 Å². The van der Waals surface area contributed by atoms with E-state index in [2.05, 4.69) is 12.2 Å². The third-order valence-electron chi connectivity index (χ3n) is 4.43. The van der Waals surface area contributed by atoms with Crippen LogP contribution in [0.2, 0.25) is 0 Å². The Balaban J connectivity index is 2.01. The maximum absolute atomic E-state index is 12.8. The maximum atomic E-state index is 12.8. The van der Waals surface area contributed by atoms with E-state index in [0.29, 0.717) is 19.7 Å². The minimum Gasteiger partial charge on any atom is -0.481 e. The highest BCUT2D eigenvalue weighted by Crippen LogP contribution is 2.33. The third-order valence-corrected chi connectivity index (χ3v) is 4.43. The average molecular weight is 284 g/mol. The number of carbonyl (C=O) groups excluding carboxylic acids is 1. The van der Waals surface area contributed by atoms with Crippen LogP contribution in [0.25, 0.3) is 0 Å². The summed E-state index contributed by atoms with van der Waals surface area (Å²) < 4.78 is 5.43. The summed E-state index contributed by atoms with van der Waals surface area (Å²) in [5.41, 5.74) is -0.316. The van der Waals surface area contributed by atoms with E-state index in [0.717, 1.165) is 32.4 Å². The number of morpholine rings is 1. The van der Waals surface area contributed by atoms with Gasteiger partial charge in [0.1, 0.15) is 0 Å². The van der Waals surface area contributed by atoms with Crippen LogP contribution in [-0.2, 0) is 14.3 Å². The van der Waals surface area contributed by atoms with Gasteiger partial charge in [0.15, 0.2) is 0 Å². The Labute approximate surface area is 119 Å². The fraction of sp³-hybridized carbons (Fsp3) is 0.857. The van der Waals surface area contributed by atoms with Gasteiger partial charge in [-0.1, -0.05) is 6.92 Å². The highest BCUT2D eigenvalue weighted by Gasteiger charge is 2.41. The van der Waals surface area contributed by atoms with Crippen molar-refractivity contribution in [3.05, 3.63) is 0 Å². The Bertz CT molecular complexity index is 366. The predicted octanol–water partition coefficient (Wildman–Crippen LogP) is 0.468. The number of carbonyl (C=O) groups is 2. The first-order valence-electron chi connectivity index (χ1n) is 7.41. The summed E-state index contributed by atoms with van der Waals surface area (Å²) in [6.07, 6.45) is 2.33. The van der Waals surface area contributed by atoms with E-state index in [1.807, 2.05) is 0 Å². The highest BCUT2D eigenvalue weighted by molar-refractivity contribution is 5.83. The molecule has 2 fully saturated rings. The molecule has 1 amide bonds. The molecule has 2 saturated heterocycles. The third kappa shape index (κ3) is 3.30. The molecule has 0 aromatic rings. The standard InChI is InChI=1S/C14H24N2O4/c1-2-14(4-3-5-15-10-14)13(19)16-6-7-20-11(9-16)8-12(17)18/h11,15H,2-10H2,1H3,(H,17,18). The van der Waals surface area contributed by atoms with Crippen molar-refractivity contribution in [3.63, 3.8) is 0 Å². The minimum atomic E-state index is -0.881. The molecule has 0 spiro atoms. The number of nitrogens with zero attached hydrogens (tertiary/aromatic N) is 1. The van der Waals surface area contributed by atoms with Crippen LogP contribution in [0.4, 0.5) is 0 Å². The molecule has 2 unspecified atom stereocenters. The number of nitrogens with one attached hydrogen (secondary N) is 1. The molecule has 6 nitrogen and oxygen atoms in total. The number of ether oxygens (including phenoxy) is 1. The number of hydrogen-bond acceptors (Lipinski definition) is 4. The number of carboxylic acid groups (broad SMARTS) is 1. The van der Waals surface area contributed by atoms with Crippen molar-refractivity contribution in [3.8, 4) is 0 Å². The van der Waals surface area contributed by atoms with Crippen LogP contribution in [0.15, 0.2) is 0 Å². The zero-order valence-corrected chi connectivity index (χ0v) is 12.1. The second-order valence-corrected chi connectivity index (χ2v) is 5.76. The monoisotopic (exact) mass is 284 g/mol. The summed E-state index contributed by atoms with van der Waals surface area (Å²) >= 11 is 0. The molecule has 0 bridgehead atoms. The zero-order valence-electron chi connectivity index (χ0n) is 12.1. The van der Waals surface area contributed by atoms with Crippen LogP contribution in [0.1, 0.15) is 32.6 Å². The van der Waals surface area contributed by atoms with E-state index >= 15 is 0 Å². The Morgan fingerprint density at radius 1 is 1.50 bits per heavy atom. The SMILES string of the molecule is CCC1(C(=O)N2CCOC(CC(=O)O)C2)CCCNC1. The fourth-order valence-corrected chi connectivity index (χ4v) is 3.16. The van der Waals surface area contributed by atoms with Crippen molar-refractivity contribution in [2.45, 2.75) is 38.7 Å². The van der Waals surface area contributed by atoms with Crippen LogP contribution in [0.3, 0.4) is 0 Å². The largest absolute Gasteiger partial charge is 0.481 e. The molecular weight excluding hydrogens is 260 g/mol. The van der Waals surface area contributed by atoms with Crippen molar-refractivity contribution >= 4 is 11.9 Å². The van der Waals surface area contributed by atoms with Crippen LogP contribution in [0, 0.1) is 5.41 Å². The number of hydrogen-bond donors (Lipinski definition) is 2. The van der Waals surface area contributed by atoms with E-state index in [9.17, 15) is 9.59 Å². The molecule has 2 atom stereocenters. The van der Waals surface area contributed by atoms with Gasteiger partial charge >= 0.3 is 5.97 Å². The van der Waals surface area contributed by atoms with Crippen molar-refractivity contribution in [2.24, 2.45) is 5.41 Å². The Morgan fingerprint density at radius 2 is 2.30 bits per heavy atom. The molecule has 2 aliphatic heterocycles. The fourth-order valence-electron chi connectivity index (χ4n) is 3.16. The van der Waals surface area contributed by atoms with Crippen LogP contribution in [-0.4, -0.2) is 60.8 Å². The van der Waals surface area contributed by atoms with Crippen LogP contribution in [0.5, 0.6) is 0 Å².